The first kappa shape index (κ1) is 20.9. The van der Waals surface area contributed by atoms with E-state index in [0.29, 0.717) is 24.1 Å². The van der Waals surface area contributed by atoms with E-state index >= 15 is 0 Å². The lowest BCUT2D eigenvalue weighted by Gasteiger charge is -2.12. The third kappa shape index (κ3) is 4.41. The van der Waals surface area contributed by atoms with Crippen molar-refractivity contribution < 1.29 is 14.0 Å². The molecule has 1 aromatic carbocycles. The van der Waals surface area contributed by atoms with Gasteiger partial charge in [-0.25, -0.2) is 4.39 Å². The molecule has 31 heavy (non-hydrogen) atoms. The molecule has 2 atom stereocenters. The van der Waals surface area contributed by atoms with Gasteiger partial charge in [-0.2, -0.15) is 0 Å². The number of benzene rings is 1. The van der Waals surface area contributed by atoms with Gasteiger partial charge in [-0.3, -0.25) is 14.6 Å². The molecule has 6 nitrogen and oxygen atoms in total. The highest BCUT2D eigenvalue weighted by Gasteiger charge is 2.28. The van der Waals surface area contributed by atoms with Crippen molar-refractivity contribution in [3.63, 3.8) is 0 Å². The molecule has 0 spiro atoms. The fraction of sp³-hybridized carbons (Fsp3) is 0.292. The van der Waals surface area contributed by atoms with E-state index in [1.807, 2.05) is 38.1 Å². The van der Waals surface area contributed by atoms with Crippen molar-refractivity contribution in [1.29, 1.82) is 0 Å². The molecule has 160 valence electrons. The number of rotatable bonds is 6. The largest absolute Gasteiger partial charge is 0.363 e. The van der Waals surface area contributed by atoms with Crippen molar-refractivity contribution in [3.8, 4) is 22.5 Å². The second kappa shape index (κ2) is 8.43. The number of nitrogens with one attached hydrogen (secondary N) is 2. The summed E-state index contributed by atoms with van der Waals surface area (Å²) >= 11 is 0. The maximum absolute atomic E-state index is 14.9. The second-order valence-electron chi connectivity index (χ2n) is 8.19. The van der Waals surface area contributed by atoms with Crippen LogP contribution in [0.15, 0.2) is 42.6 Å². The lowest BCUT2D eigenvalue weighted by Crippen LogP contribution is -2.31. The highest BCUT2D eigenvalue weighted by Crippen LogP contribution is 2.31. The molecule has 1 saturated heterocycles. The molecule has 3 heterocycles. The van der Waals surface area contributed by atoms with Gasteiger partial charge in [-0.05, 0) is 55.5 Å². The fourth-order valence-corrected chi connectivity index (χ4v) is 4.08. The number of aromatic amines is 1. The summed E-state index contributed by atoms with van der Waals surface area (Å²) < 4.78 is 14.9. The minimum absolute atomic E-state index is 0.0737. The van der Waals surface area contributed by atoms with E-state index in [1.54, 1.807) is 18.3 Å². The molecule has 0 aliphatic carbocycles. The lowest BCUT2D eigenvalue weighted by molar-refractivity contribution is -0.136. The maximum atomic E-state index is 14.9. The fourth-order valence-electron chi connectivity index (χ4n) is 4.08. The summed E-state index contributed by atoms with van der Waals surface area (Å²) in [7, 11) is 0. The summed E-state index contributed by atoms with van der Waals surface area (Å²) in [5.74, 6) is -1.73. The van der Waals surface area contributed by atoms with Crippen LogP contribution in [-0.2, 0) is 9.59 Å². The van der Waals surface area contributed by atoms with Gasteiger partial charge in [-0.1, -0.05) is 18.2 Å². The number of nitrogens with two attached hydrogens (primary N) is 1. The number of nitrogens with zero attached hydrogens (tertiary/aromatic N) is 1. The molecule has 1 aliphatic rings. The van der Waals surface area contributed by atoms with Crippen molar-refractivity contribution in [1.82, 2.24) is 15.3 Å². The lowest BCUT2D eigenvalue weighted by atomic mass is 9.93. The van der Waals surface area contributed by atoms with E-state index < -0.39 is 11.7 Å². The minimum atomic E-state index is -0.915. The average molecular weight is 420 g/mol. The Kier molecular flexibility index (Phi) is 5.69. The van der Waals surface area contributed by atoms with Crippen molar-refractivity contribution in [2.24, 2.45) is 5.73 Å². The van der Waals surface area contributed by atoms with Crippen LogP contribution in [0.1, 0.15) is 35.6 Å². The third-order valence-corrected chi connectivity index (χ3v) is 6.02. The van der Waals surface area contributed by atoms with E-state index in [2.05, 4.69) is 15.3 Å². The van der Waals surface area contributed by atoms with E-state index in [9.17, 15) is 14.0 Å². The van der Waals surface area contributed by atoms with Gasteiger partial charge in [0.2, 0.25) is 5.78 Å². The summed E-state index contributed by atoms with van der Waals surface area (Å²) in [6.45, 7) is 4.68. The normalized spacial score (nSPS) is 18.3. The Hall–Kier alpha value is -3.32. The molecule has 0 saturated carbocycles. The molecule has 2 aromatic heterocycles. The van der Waals surface area contributed by atoms with Crippen LogP contribution < -0.4 is 11.1 Å². The van der Waals surface area contributed by atoms with Crippen LogP contribution >= 0.6 is 0 Å². The van der Waals surface area contributed by atoms with Crippen molar-refractivity contribution in [3.05, 3.63) is 65.2 Å². The molecule has 1 fully saturated rings. The number of ketones is 1. The van der Waals surface area contributed by atoms with Crippen molar-refractivity contribution in [2.45, 2.75) is 38.6 Å². The Labute approximate surface area is 180 Å². The molecule has 7 heteroatoms. The van der Waals surface area contributed by atoms with Gasteiger partial charge >= 0.3 is 0 Å². The van der Waals surface area contributed by atoms with Crippen LogP contribution in [0.2, 0.25) is 0 Å². The number of hydrogen-bond donors (Lipinski definition) is 3. The molecule has 4 rings (SSSR count). The number of H-pyrrole nitrogens is 1. The first-order valence-corrected chi connectivity index (χ1v) is 10.3. The molecular weight excluding hydrogens is 395 g/mol. The van der Waals surface area contributed by atoms with E-state index in [0.717, 1.165) is 22.6 Å². The Bertz CT molecular complexity index is 1120. The summed E-state index contributed by atoms with van der Waals surface area (Å²) in [6, 6.07) is 10.9. The Balaban J connectivity index is 1.48. The van der Waals surface area contributed by atoms with E-state index in [4.69, 9.17) is 5.73 Å². The summed E-state index contributed by atoms with van der Waals surface area (Å²) in [4.78, 5) is 30.3. The number of amides is 1. The molecule has 3 aromatic rings. The standard InChI is InChI=1S/C24H25FN4O2/c1-13-7-22(29-14(13)2)21-6-4-16(11-28-21)19-5-3-15(9-20(19)25)17-8-18(27-12-17)10-23(30)24(26)31/h3-7,9,11,17-18,27,29H,8,10,12H2,1-2H3,(H2,26,31)/t17-,18?/m1/s1. The molecule has 0 bridgehead atoms. The topological polar surface area (TPSA) is 101 Å². The molecule has 1 aliphatic heterocycles. The number of aromatic nitrogens is 2. The van der Waals surface area contributed by atoms with E-state index in [-0.39, 0.29) is 24.2 Å². The number of aryl methyl sites for hydroxylation is 2. The Morgan fingerprint density at radius 1 is 1.19 bits per heavy atom. The van der Waals surface area contributed by atoms with Crippen LogP contribution in [0, 0.1) is 19.7 Å². The highest BCUT2D eigenvalue weighted by atomic mass is 19.1. The Morgan fingerprint density at radius 2 is 2.00 bits per heavy atom. The minimum Gasteiger partial charge on any atom is -0.363 e. The van der Waals surface area contributed by atoms with E-state index in [1.165, 1.54) is 5.56 Å². The van der Waals surface area contributed by atoms with Gasteiger partial charge in [0.15, 0.2) is 0 Å². The number of Topliss-reactive ketones (excluding diaryl/α,β-unsaturated/α-hetero) is 1. The number of carbonyl (C=O) groups excluding carboxylic acids is 2. The smallest absolute Gasteiger partial charge is 0.284 e. The van der Waals surface area contributed by atoms with Gasteiger partial charge in [0.25, 0.3) is 5.91 Å². The zero-order valence-corrected chi connectivity index (χ0v) is 17.5. The quantitative estimate of drug-likeness (QED) is 0.532. The Morgan fingerprint density at radius 3 is 2.61 bits per heavy atom. The number of carbonyl (C=O) groups is 2. The van der Waals surface area contributed by atoms with Gasteiger partial charge < -0.3 is 16.0 Å². The third-order valence-electron chi connectivity index (χ3n) is 6.02. The first-order chi connectivity index (χ1) is 14.8. The molecular formula is C24H25FN4O2. The van der Waals surface area contributed by atoms with Crippen LogP contribution in [-0.4, -0.2) is 34.2 Å². The summed E-state index contributed by atoms with van der Waals surface area (Å²) in [6.07, 6.45) is 2.41. The monoisotopic (exact) mass is 420 g/mol. The molecule has 4 N–H and O–H groups in total. The number of halogens is 1. The number of primary amides is 1. The molecule has 1 amide bonds. The number of pyridine rings is 1. The van der Waals surface area contributed by atoms with Crippen LogP contribution in [0.4, 0.5) is 4.39 Å². The first-order valence-electron chi connectivity index (χ1n) is 10.3. The van der Waals surface area contributed by atoms with Crippen LogP contribution in [0.25, 0.3) is 22.5 Å². The van der Waals surface area contributed by atoms with Gasteiger partial charge in [0, 0.05) is 42.0 Å². The molecule has 1 unspecified atom stereocenters. The zero-order valence-electron chi connectivity index (χ0n) is 17.5. The zero-order chi connectivity index (χ0) is 22.1. The summed E-state index contributed by atoms with van der Waals surface area (Å²) in [5.41, 5.74) is 11.1. The van der Waals surface area contributed by atoms with Crippen molar-refractivity contribution >= 4 is 11.7 Å². The SMILES string of the molecule is Cc1cc(-c2ccc(-c3ccc([C@H]4CNC(CC(=O)C(N)=O)C4)cc3F)cn2)[nH]c1C. The van der Waals surface area contributed by atoms with Gasteiger partial charge in [0.1, 0.15) is 5.82 Å². The predicted molar refractivity (Wildman–Crippen MR) is 117 cm³/mol. The van der Waals surface area contributed by atoms with Crippen LogP contribution in [0.5, 0.6) is 0 Å². The molecule has 0 radical (unpaired) electrons. The van der Waals surface area contributed by atoms with Crippen molar-refractivity contribution in [2.75, 3.05) is 6.54 Å². The van der Waals surface area contributed by atoms with Gasteiger partial charge in [-0.15, -0.1) is 0 Å². The number of hydrogen-bond acceptors (Lipinski definition) is 4. The summed E-state index contributed by atoms with van der Waals surface area (Å²) in [5, 5.41) is 3.22. The maximum Gasteiger partial charge on any atom is 0.284 e. The highest BCUT2D eigenvalue weighted by molar-refractivity contribution is 6.35. The second-order valence-corrected chi connectivity index (χ2v) is 8.19. The predicted octanol–water partition coefficient (Wildman–Crippen LogP) is 3.39. The van der Waals surface area contributed by atoms with Crippen LogP contribution in [0.3, 0.4) is 0 Å². The van der Waals surface area contributed by atoms with Gasteiger partial charge in [0.05, 0.1) is 11.4 Å². The average Bonchev–Trinajstić information content (AvgIpc) is 3.34.